The summed E-state index contributed by atoms with van der Waals surface area (Å²) in [6.45, 7) is 6.81. The van der Waals surface area contributed by atoms with Crippen molar-refractivity contribution in [2.45, 2.75) is 25.8 Å². The van der Waals surface area contributed by atoms with Crippen molar-refractivity contribution in [1.29, 1.82) is 0 Å². The SMILES string of the molecule is CC1(C)C(=O)N(CCC[N+](C)(C)CC[N+](C)(C)C)C(=O)N1Cl.[Cl-].[Cl-]. The number of hydrogen-bond acceptors (Lipinski definition) is 2. The normalized spacial score (nSPS) is 17.7. The molecule has 0 N–H and O–H groups in total. The van der Waals surface area contributed by atoms with Gasteiger partial charge in [0, 0.05) is 24.7 Å². The van der Waals surface area contributed by atoms with E-state index < -0.39 is 11.6 Å². The van der Waals surface area contributed by atoms with E-state index in [1.807, 2.05) is 0 Å². The topological polar surface area (TPSA) is 40.6 Å². The number of likely N-dealkylation sites (N-methyl/N-ethyl adjacent to an activating group) is 2. The summed E-state index contributed by atoms with van der Waals surface area (Å²) >= 11 is 5.93. The maximum atomic E-state index is 12.2. The molecule has 0 aromatic rings. The van der Waals surface area contributed by atoms with E-state index in [4.69, 9.17) is 11.8 Å². The number of hydrogen-bond donors (Lipinski definition) is 0. The van der Waals surface area contributed by atoms with Gasteiger partial charge in [-0.1, -0.05) is 0 Å². The average Bonchev–Trinajstić information content (AvgIpc) is 2.50. The van der Waals surface area contributed by atoms with E-state index >= 15 is 0 Å². The minimum Gasteiger partial charge on any atom is -1.00 e. The fourth-order valence-electron chi connectivity index (χ4n) is 2.38. The monoisotopic (exact) mass is 404 g/mol. The van der Waals surface area contributed by atoms with Crippen LogP contribution < -0.4 is 24.8 Å². The van der Waals surface area contributed by atoms with Crippen molar-refractivity contribution in [1.82, 2.24) is 9.32 Å². The van der Waals surface area contributed by atoms with Crippen molar-refractivity contribution < 1.29 is 43.4 Å². The van der Waals surface area contributed by atoms with Crippen LogP contribution in [0.15, 0.2) is 0 Å². The summed E-state index contributed by atoms with van der Waals surface area (Å²) < 4.78 is 2.81. The van der Waals surface area contributed by atoms with Gasteiger partial charge in [-0.25, -0.2) is 9.21 Å². The van der Waals surface area contributed by atoms with Crippen molar-refractivity contribution in [2.24, 2.45) is 0 Å². The number of nitrogens with zero attached hydrogens (tertiary/aromatic N) is 4. The lowest BCUT2D eigenvalue weighted by atomic mass is 10.1. The third-order valence-electron chi connectivity index (χ3n) is 4.18. The molecule has 0 bridgehead atoms. The van der Waals surface area contributed by atoms with Gasteiger partial charge in [0.1, 0.15) is 18.6 Å². The lowest BCUT2D eigenvalue weighted by Crippen LogP contribution is -3.00. The molecular formula is C15H31Cl3N4O2. The molecule has 1 saturated heterocycles. The van der Waals surface area contributed by atoms with Gasteiger partial charge >= 0.3 is 6.03 Å². The highest BCUT2D eigenvalue weighted by molar-refractivity contribution is 6.27. The van der Waals surface area contributed by atoms with Crippen molar-refractivity contribution in [3.8, 4) is 0 Å². The first-order chi connectivity index (χ1) is 9.78. The Balaban J connectivity index is 0. The van der Waals surface area contributed by atoms with E-state index in [0.29, 0.717) is 6.54 Å². The van der Waals surface area contributed by atoms with E-state index in [1.165, 1.54) is 4.90 Å². The zero-order chi connectivity index (χ0) is 17.3. The van der Waals surface area contributed by atoms with Crippen LogP contribution in [-0.4, -0.2) is 97.2 Å². The zero-order valence-electron chi connectivity index (χ0n) is 15.8. The van der Waals surface area contributed by atoms with Gasteiger partial charge in [-0.3, -0.25) is 9.69 Å². The first kappa shape index (κ1) is 26.0. The number of halogens is 3. The highest BCUT2D eigenvalue weighted by Crippen LogP contribution is 2.29. The minimum absolute atomic E-state index is 0. The summed E-state index contributed by atoms with van der Waals surface area (Å²) in [5.74, 6) is -0.218. The van der Waals surface area contributed by atoms with Gasteiger partial charge in [0.05, 0.1) is 41.8 Å². The standard InChI is InChI=1S/C15H31ClN4O2.2ClH/c1-15(2)13(21)17(14(22)18(15)16)9-8-10-20(6,7)12-11-19(3,4)5;;/h8-12H2,1-7H3;2*1H/q+2;;/p-2. The van der Waals surface area contributed by atoms with Crippen molar-refractivity contribution in [3.63, 3.8) is 0 Å². The Bertz CT molecular complexity index is 450. The number of amides is 3. The predicted octanol–water partition coefficient (Wildman–Crippen LogP) is -4.64. The van der Waals surface area contributed by atoms with E-state index in [9.17, 15) is 9.59 Å². The maximum Gasteiger partial charge on any atom is 0.342 e. The van der Waals surface area contributed by atoms with Crippen LogP contribution in [0.3, 0.4) is 0 Å². The van der Waals surface area contributed by atoms with Gasteiger partial charge in [0.15, 0.2) is 0 Å². The number of carbonyl (C=O) groups excluding carboxylic acids is 2. The molecule has 0 aromatic heterocycles. The third kappa shape index (κ3) is 6.56. The Morgan fingerprint density at radius 2 is 1.46 bits per heavy atom. The van der Waals surface area contributed by atoms with E-state index in [0.717, 1.165) is 39.4 Å². The summed E-state index contributed by atoms with van der Waals surface area (Å²) in [6.07, 6.45) is 0.780. The van der Waals surface area contributed by atoms with Crippen LogP contribution in [0.1, 0.15) is 20.3 Å². The molecule has 0 unspecified atom stereocenters. The molecule has 3 amide bonds. The Kier molecular flexibility index (Phi) is 9.63. The fraction of sp³-hybridized carbons (Fsp3) is 0.867. The molecule has 144 valence electrons. The van der Waals surface area contributed by atoms with Crippen LogP contribution >= 0.6 is 11.8 Å². The largest absolute Gasteiger partial charge is 1.00 e. The number of quaternary nitrogens is 2. The minimum atomic E-state index is -0.952. The van der Waals surface area contributed by atoms with Crippen molar-refractivity contribution in [3.05, 3.63) is 0 Å². The summed E-state index contributed by atoms with van der Waals surface area (Å²) in [4.78, 5) is 25.5. The van der Waals surface area contributed by atoms with Crippen LogP contribution in [0.2, 0.25) is 0 Å². The molecule has 1 aliphatic heterocycles. The predicted molar refractivity (Wildman–Crippen MR) is 88.2 cm³/mol. The summed E-state index contributed by atoms with van der Waals surface area (Å²) in [5, 5.41) is 0. The quantitative estimate of drug-likeness (QED) is 0.243. The molecule has 1 heterocycles. The maximum absolute atomic E-state index is 12.2. The first-order valence-corrected chi connectivity index (χ1v) is 8.06. The van der Waals surface area contributed by atoms with Crippen molar-refractivity contribution in [2.75, 3.05) is 61.4 Å². The molecule has 1 aliphatic rings. The lowest BCUT2D eigenvalue weighted by molar-refractivity contribution is -0.937. The Labute approximate surface area is 163 Å². The highest BCUT2D eigenvalue weighted by Gasteiger charge is 2.50. The zero-order valence-corrected chi connectivity index (χ0v) is 18.0. The lowest BCUT2D eigenvalue weighted by Gasteiger charge is -2.33. The molecule has 0 atom stereocenters. The third-order valence-corrected chi connectivity index (χ3v) is 4.75. The molecule has 0 aliphatic carbocycles. The Morgan fingerprint density at radius 3 is 1.83 bits per heavy atom. The Morgan fingerprint density at radius 1 is 0.958 bits per heavy atom. The van der Waals surface area contributed by atoms with Crippen LogP contribution in [0, 0.1) is 0 Å². The molecule has 9 heteroatoms. The number of imide groups is 1. The van der Waals surface area contributed by atoms with Gasteiger partial charge in [-0.05, 0) is 13.8 Å². The molecule has 0 aromatic carbocycles. The summed E-state index contributed by atoms with van der Waals surface area (Å²) in [5.41, 5.74) is -0.952. The average molecular weight is 406 g/mol. The molecule has 6 nitrogen and oxygen atoms in total. The number of carbonyl (C=O) groups is 2. The second-order valence-electron chi connectivity index (χ2n) is 8.33. The van der Waals surface area contributed by atoms with Crippen molar-refractivity contribution >= 4 is 23.7 Å². The Hall–Kier alpha value is -0.270. The molecule has 24 heavy (non-hydrogen) atoms. The summed E-state index contributed by atoms with van der Waals surface area (Å²) in [7, 11) is 10.9. The van der Waals surface area contributed by atoms with Crippen LogP contribution in [0.5, 0.6) is 0 Å². The molecule has 0 radical (unpaired) electrons. The molecule has 1 fully saturated rings. The van der Waals surface area contributed by atoms with Gasteiger partial charge in [-0.2, -0.15) is 0 Å². The van der Waals surface area contributed by atoms with E-state index in [2.05, 4.69) is 35.2 Å². The van der Waals surface area contributed by atoms with Gasteiger partial charge in [-0.15, -0.1) is 0 Å². The fourth-order valence-corrected chi connectivity index (χ4v) is 2.55. The molecule has 0 saturated carbocycles. The second-order valence-corrected chi connectivity index (χ2v) is 8.67. The van der Waals surface area contributed by atoms with Crippen LogP contribution in [0.25, 0.3) is 0 Å². The van der Waals surface area contributed by atoms with E-state index in [-0.39, 0.29) is 30.7 Å². The van der Waals surface area contributed by atoms with Gasteiger partial charge < -0.3 is 33.8 Å². The smallest absolute Gasteiger partial charge is 0.342 e. The molecule has 0 spiro atoms. The van der Waals surface area contributed by atoms with Crippen LogP contribution in [0.4, 0.5) is 4.79 Å². The molecule has 1 rings (SSSR count). The highest BCUT2D eigenvalue weighted by atomic mass is 35.5. The first-order valence-electron chi connectivity index (χ1n) is 7.72. The van der Waals surface area contributed by atoms with Gasteiger partial charge in [0.2, 0.25) is 0 Å². The number of urea groups is 1. The van der Waals surface area contributed by atoms with E-state index in [1.54, 1.807) is 13.8 Å². The van der Waals surface area contributed by atoms with Crippen LogP contribution in [-0.2, 0) is 4.79 Å². The summed E-state index contributed by atoms with van der Waals surface area (Å²) in [6, 6.07) is -0.409. The molecular weight excluding hydrogens is 375 g/mol. The van der Waals surface area contributed by atoms with Gasteiger partial charge in [0.25, 0.3) is 5.91 Å². The second kappa shape index (κ2) is 8.90. The number of rotatable bonds is 7.